The standard InChI is InChI=1S/C29H34FN5O3/c1-21-27(29(37)35(32-21)24-7-4-6-23(30)17-24)16-22-19-34(28-9-3-2-8-26(22)28)20-25(36)18-31-10-5-11-33-12-14-38-15-13-33/h2-4,6-9,16-17,19,25,31,36H,5,10-15,18,20H2,1H3/b27-16+/t25-/m1/s1. The van der Waals surface area contributed by atoms with Gasteiger partial charge in [-0.2, -0.15) is 10.1 Å². The summed E-state index contributed by atoms with van der Waals surface area (Å²) in [6.07, 6.45) is 4.26. The van der Waals surface area contributed by atoms with Crippen molar-refractivity contribution in [3.8, 4) is 0 Å². The zero-order valence-electron chi connectivity index (χ0n) is 21.6. The molecule has 2 N–H and O–H groups in total. The molecule has 0 aliphatic carbocycles. The Hall–Kier alpha value is -3.37. The molecule has 1 amide bonds. The second-order valence-electron chi connectivity index (χ2n) is 9.76. The lowest BCUT2D eigenvalue weighted by atomic mass is 10.1. The van der Waals surface area contributed by atoms with Crippen molar-refractivity contribution in [2.24, 2.45) is 5.10 Å². The summed E-state index contributed by atoms with van der Waals surface area (Å²) in [6.45, 7) is 8.17. The van der Waals surface area contributed by atoms with E-state index < -0.39 is 11.9 Å². The molecule has 9 heteroatoms. The SMILES string of the molecule is CC1=NN(c2cccc(F)c2)C(=O)/C1=C/c1cn(C[C@H](O)CNCCCN2CCOCC2)c2ccccc12. The minimum Gasteiger partial charge on any atom is -0.390 e. The van der Waals surface area contributed by atoms with Crippen LogP contribution in [0.3, 0.4) is 0 Å². The molecule has 8 nitrogen and oxygen atoms in total. The van der Waals surface area contributed by atoms with Gasteiger partial charge in [0.1, 0.15) is 5.82 Å². The van der Waals surface area contributed by atoms with Crippen LogP contribution in [0.25, 0.3) is 17.0 Å². The number of rotatable bonds is 10. The van der Waals surface area contributed by atoms with E-state index in [2.05, 4.69) is 15.3 Å². The third-order valence-electron chi connectivity index (χ3n) is 6.95. The van der Waals surface area contributed by atoms with Crippen LogP contribution in [-0.4, -0.2) is 78.2 Å². The fraction of sp³-hybridized carbons (Fsp3) is 0.379. The molecule has 1 aromatic heterocycles. The molecule has 38 heavy (non-hydrogen) atoms. The Kier molecular flexibility index (Phi) is 8.29. The first kappa shape index (κ1) is 26.2. The second kappa shape index (κ2) is 12.0. The number of hydrazone groups is 1. The summed E-state index contributed by atoms with van der Waals surface area (Å²) < 4.78 is 21.1. The van der Waals surface area contributed by atoms with E-state index in [1.807, 2.05) is 41.1 Å². The van der Waals surface area contributed by atoms with Crippen LogP contribution >= 0.6 is 0 Å². The Bertz CT molecular complexity index is 1340. The summed E-state index contributed by atoms with van der Waals surface area (Å²) in [6, 6.07) is 13.8. The van der Waals surface area contributed by atoms with Crippen LogP contribution in [0.4, 0.5) is 10.1 Å². The molecule has 200 valence electrons. The van der Waals surface area contributed by atoms with Gasteiger partial charge in [-0.05, 0) is 56.8 Å². The first-order valence-electron chi connectivity index (χ1n) is 13.1. The van der Waals surface area contributed by atoms with Crippen LogP contribution < -0.4 is 10.3 Å². The second-order valence-corrected chi connectivity index (χ2v) is 9.76. The van der Waals surface area contributed by atoms with Crippen LogP contribution in [0.1, 0.15) is 18.9 Å². The molecule has 2 aromatic carbocycles. The molecule has 3 heterocycles. The molecule has 0 spiro atoms. The maximum Gasteiger partial charge on any atom is 0.280 e. The van der Waals surface area contributed by atoms with Crippen molar-refractivity contribution in [1.82, 2.24) is 14.8 Å². The minimum absolute atomic E-state index is 0.300. The first-order chi connectivity index (χ1) is 18.5. The van der Waals surface area contributed by atoms with Crippen molar-refractivity contribution < 1.29 is 19.0 Å². The van der Waals surface area contributed by atoms with Gasteiger partial charge < -0.3 is 19.7 Å². The van der Waals surface area contributed by atoms with Gasteiger partial charge in [-0.25, -0.2) is 4.39 Å². The number of morpholine rings is 1. The molecule has 0 radical (unpaired) electrons. The van der Waals surface area contributed by atoms with Crippen LogP contribution in [0.2, 0.25) is 0 Å². The van der Waals surface area contributed by atoms with Gasteiger partial charge in [0, 0.05) is 48.8 Å². The van der Waals surface area contributed by atoms with E-state index in [4.69, 9.17) is 4.74 Å². The van der Waals surface area contributed by atoms with Crippen molar-refractivity contribution >= 4 is 34.3 Å². The van der Waals surface area contributed by atoms with Crippen molar-refractivity contribution in [3.63, 3.8) is 0 Å². The zero-order valence-corrected chi connectivity index (χ0v) is 21.6. The number of nitrogens with one attached hydrogen (secondary N) is 1. The van der Waals surface area contributed by atoms with Crippen molar-refractivity contribution in [2.75, 3.05) is 50.9 Å². The summed E-state index contributed by atoms with van der Waals surface area (Å²) in [5.41, 5.74) is 3.26. The molecular formula is C29H34FN5O3. The maximum atomic E-state index is 13.7. The van der Waals surface area contributed by atoms with Gasteiger partial charge in [-0.15, -0.1) is 0 Å². The molecule has 1 saturated heterocycles. The predicted octanol–water partition coefficient (Wildman–Crippen LogP) is 3.26. The molecule has 1 fully saturated rings. The molecule has 3 aromatic rings. The van der Waals surface area contributed by atoms with E-state index in [0.29, 0.717) is 30.1 Å². The number of carbonyl (C=O) groups is 1. The normalized spacial score (nSPS) is 18.5. The number of hydrogen-bond donors (Lipinski definition) is 2. The number of aromatic nitrogens is 1. The summed E-state index contributed by atoms with van der Waals surface area (Å²) in [7, 11) is 0. The lowest BCUT2D eigenvalue weighted by Crippen LogP contribution is -2.38. The number of nitrogens with zero attached hydrogens (tertiary/aromatic N) is 4. The number of aliphatic hydroxyl groups excluding tert-OH is 1. The lowest BCUT2D eigenvalue weighted by molar-refractivity contribution is -0.114. The molecule has 0 bridgehead atoms. The Labute approximate surface area is 222 Å². The highest BCUT2D eigenvalue weighted by Gasteiger charge is 2.29. The molecular weight excluding hydrogens is 485 g/mol. The van der Waals surface area contributed by atoms with E-state index >= 15 is 0 Å². The van der Waals surface area contributed by atoms with E-state index in [9.17, 15) is 14.3 Å². The lowest BCUT2D eigenvalue weighted by Gasteiger charge is -2.26. The van der Waals surface area contributed by atoms with Gasteiger partial charge >= 0.3 is 0 Å². The van der Waals surface area contributed by atoms with E-state index in [1.54, 1.807) is 19.1 Å². The van der Waals surface area contributed by atoms with Gasteiger partial charge in [0.2, 0.25) is 0 Å². The van der Waals surface area contributed by atoms with E-state index in [-0.39, 0.29) is 5.91 Å². The fourth-order valence-electron chi connectivity index (χ4n) is 4.98. The summed E-state index contributed by atoms with van der Waals surface area (Å²) in [5.74, 6) is -0.722. The van der Waals surface area contributed by atoms with Crippen LogP contribution in [0, 0.1) is 5.82 Å². The molecule has 5 rings (SSSR count). The number of carbonyl (C=O) groups excluding carboxylic acids is 1. The number of para-hydroxylation sites is 1. The van der Waals surface area contributed by atoms with Crippen LogP contribution in [0.5, 0.6) is 0 Å². The third-order valence-corrected chi connectivity index (χ3v) is 6.95. The summed E-state index contributed by atoms with van der Waals surface area (Å²) in [4.78, 5) is 15.6. The number of fused-ring (bicyclic) bond motifs is 1. The minimum atomic E-state index is -0.561. The Morgan fingerprint density at radius 3 is 2.82 bits per heavy atom. The van der Waals surface area contributed by atoms with Gasteiger partial charge in [0.15, 0.2) is 0 Å². The molecule has 1 atom stereocenters. The van der Waals surface area contributed by atoms with Crippen LogP contribution in [-0.2, 0) is 16.1 Å². The number of ether oxygens (including phenoxy) is 1. The highest BCUT2D eigenvalue weighted by Crippen LogP contribution is 2.29. The number of aliphatic hydroxyl groups is 1. The van der Waals surface area contributed by atoms with Gasteiger partial charge in [-0.1, -0.05) is 24.3 Å². The van der Waals surface area contributed by atoms with Gasteiger partial charge in [0.05, 0.1) is 36.3 Å². The summed E-state index contributed by atoms with van der Waals surface area (Å²) in [5, 5.41) is 20.7. The van der Waals surface area contributed by atoms with E-state index in [1.165, 1.54) is 17.1 Å². The number of halogens is 1. The molecule has 2 aliphatic heterocycles. The van der Waals surface area contributed by atoms with E-state index in [0.717, 1.165) is 62.3 Å². The smallest absolute Gasteiger partial charge is 0.280 e. The average molecular weight is 520 g/mol. The molecule has 2 aliphatic rings. The van der Waals surface area contributed by atoms with Crippen LogP contribution in [0.15, 0.2) is 65.4 Å². The largest absolute Gasteiger partial charge is 0.390 e. The van der Waals surface area contributed by atoms with Crippen molar-refractivity contribution in [3.05, 3.63) is 71.7 Å². The Morgan fingerprint density at radius 1 is 1.18 bits per heavy atom. The predicted molar refractivity (Wildman–Crippen MR) is 148 cm³/mol. The Morgan fingerprint density at radius 2 is 2.00 bits per heavy atom. The highest BCUT2D eigenvalue weighted by atomic mass is 19.1. The van der Waals surface area contributed by atoms with Crippen molar-refractivity contribution in [1.29, 1.82) is 0 Å². The highest BCUT2D eigenvalue weighted by molar-refractivity contribution is 6.32. The number of amides is 1. The van der Waals surface area contributed by atoms with Crippen molar-refractivity contribution in [2.45, 2.75) is 26.0 Å². The molecule has 0 saturated carbocycles. The number of hydrogen-bond acceptors (Lipinski definition) is 6. The third kappa shape index (κ3) is 6.02. The number of benzene rings is 2. The molecule has 0 unspecified atom stereocenters. The Balaban J connectivity index is 1.25. The zero-order chi connectivity index (χ0) is 26.5. The fourth-order valence-corrected chi connectivity index (χ4v) is 4.98. The quantitative estimate of drug-likeness (QED) is 0.318. The summed E-state index contributed by atoms with van der Waals surface area (Å²) >= 11 is 0. The monoisotopic (exact) mass is 519 g/mol. The van der Waals surface area contributed by atoms with Gasteiger partial charge in [0.25, 0.3) is 5.91 Å². The van der Waals surface area contributed by atoms with Gasteiger partial charge in [-0.3, -0.25) is 9.69 Å². The maximum absolute atomic E-state index is 13.7. The number of anilines is 1. The average Bonchev–Trinajstić information content (AvgIpc) is 3.41. The topological polar surface area (TPSA) is 82.3 Å². The first-order valence-corrected chi connectivity index (χ1v) is 13.1.